The number of ether oxygens (including phenoxy) is 1. The van der Waals surface area contributed by atoms with Crippen LogP contribution in [0, 0.1) is 18.3 Å². The number of esters is 1. The van der Waals surface area contributed by atoms with E-state index in [9.17, 15) is 10.1 Å². The molecule has 0 radical (unpaired) electrons. The lowest BCUT2D eigenvalue weighted by Gasteiger charge is -2.20. The second-order valence-corrected chi connectivity index (χ2v) is 4.89. The molecule has 1 unspecified atom stereocenters. The summed E-state index contributed by atoms with van der Waals surface area (Å²) in [6.07, 6.45) is 0. The number of nitriles is 1. The number of hydrogen-bond acceptors (Lipinski definition) is 3. The molecule has 17 heavy (non-hydrogen) atoms. The van der Waals surface area contributed by atoms with Crippen molar-refractivity contribution in [2.24, 2.45) is 0 Å². The molecule has 4 heteroatoms. The highest BCUT2D eigenvalue weighted by Crippen LogP contribution is 2.28. The van der Waals surface area contributed by atoms with Gasteiger partial charge in [-0.3, -0.25) is 0 Å². The van der Waals surface area contributed by atoms with Crippen LogP contribution in [0.1, 0.15) is 25.0 Å². The molecule has 0 aliphatic carbocycles. The van der Waals surface area contributed by atoms with Gasteiger partial charge in [-0.2, -0.15) is 5.26 Å². The first-order chi connectivity index (χ1) is 7.93. The number of nitrogens with zero attached hydrogens (tertiary/aromatic N) is 1. The van der Waals surface area contributed by atoms with Crippen molar-refractivity contribution in [1.29, 1.82) is 5.26 Å². The zero-order chi connectivity index (χ0) is 13.1. The summed E-state index contributed by atoms with van der Waals surface area (Å²) in [6.45, 7) is 5.48. The van der Waals surface area contributed by atoms with Crippen LogP contribution in [0.2, 0.25) is 0 Å². The molecule has 0 aromatic heterocycles. The second kappa shape index (κ2) is 5.33. The number of aryl methyl sites for hydroxylation is 1. The molecule has 0 aliphatic rings. The molecule has 0 saturated carbocycles. The molecule has 1 aromatic carbocycles. The lowest BCUT2D eigenvalue weighted by atomic mass is 9.83. The van der Waals surface area contributed by atoms with E-state index in [1.807, 2.05) is 25.1 Å². The van der Waals surface area contributed by atoms with Crippen LogP contribution in [0.3, 0.4) is 0 Å². The highest BCUT2D eigenvalue weighted by molar-refractivity contribution is 9.10. The molecule has 1 atom stereocenters. The highest BCUT2D eigenvalue weighted by Gasteiger charge is 2.37. The number of hydrogen-bond donors (Lipinski definition) is 0. The molecule has 0 amide bonds. The minimum Gasteiger partial charge on any atom is -0.465 e. The van der Waals surface area contributed by atoms with Crippen LogP contribution in [0.15, 0.2) is 22.7 Å². The zero-order valence-electron chi connectivity index (χ0n) is 10.1. The third-order valence-electron chi connectivity index (χ3n) is 2.53. The average molecular weight is 296 g/mol. The molecular weight excluding hydrogens is 282 g/mol. The predicted molar refractivity (Wildman–Crippen MR) is 68.5 cm³/mol. The van der Waals surface area contributed by atoms with Gasteiger partial charge in [0.05, 0.1) is 12.7 Å². The summed E-state index contributed by atoms with van der Waals surface area (Å²) >= 11 is 3.36. The van der Waals surface area contributed by atoms with E-state index in [1.54, 1.807) is 19.9 Å². The van der Waals surface area contributed by atoms with Gasteiger partial charge in [0.15, 0.2) is 5.41 Å². The normalized spacial score (nSPS) is 13.6. The van der Waals surface area contributed by atoms with E-state index in [0.29, 0.717) is 5.56 Å². The number of carbonyl (C=O) groups is 1. The van der Waals surface area contributed by atoms with Crippen LogP contribution in [0.4, 0.5) is 0 Å². The fourth-order valence-electron chi connectivity index (χ4n) is 1.53. The molecule has 0 spiro atoms. The minimum absolute atomic E-state index is 0.267. The van der Waals surface area contributed by atoms with Crippen molar-refractivity contribution >= 4 is 21.9 Å². The van der Waals surface area contributed by atoms with E-state index in [4.69, 9.17) is 4.74 Å². The SMILES string of the molecule is CCOC(=O)C(C)(C#N)c1cc(C)cc(Br)c1. The lowest BCUT2D eigenvalue weighted by Crippen LogP contribution is -2.33. The smallest absolute Gasteiger partial charge is 0.330 e. The Morgan fingerprint density at radius 3 is 2.65 bits per heavy atom. The Hall–Kier alpha value is -1.34. The van der Waals surface area contributed by atoms with Crippen LogP contribution in [-0.2, 0) is 14.9 Å². The standard InChI is InChI=1S/C13H14BrNO2/c1-4-17-12(16)13(3,8-15)10-5-9(2)6-11(14)7-10/h5-7H,4H2,1-3H3. The Morgan fingerprint density at radius 1 is 1.53 bits per heavy atom. The van der Waals surface area contributed by atoms with Crippen molar-refractivity contribution in [3.63, 3.8) is 0 Å². The third kappa shape index (κ3) is 2.86. The van der Waals surface area contributed by atoms with Gasteiger partial charge >= 0.3 is 5.97 Å². The van der Waals surface area contributed by atoms with Gasteiger partial charge in [-0.05, 0) is 44.0 Å². The van der Waals surface area contributed by atoms with Gasteiger partial charge in [-0.15, -0.1) is 0 Å². The van der Waals surface area contributed by atoms with Gasteiger partial charge in [0, 0.05) is 4.47 Å². The van der Waals surface area contributed by atoms with Crippen molar-refractivity contribution in [2.45, 2.75) is 26.2 Å². The van der Waals surface area contributed by atoms with Crippen LogP contribution < -0.4 is 0 Å². The second-order valence-electron chi connectivity index (χ2n) is 3.97. The summed E-state index contributed by atoms with van der Waals surface area (Å²) in [5, 5.41) is 9.25. The maximum absolute atomic E-state index is 11.9. The van der Waals surface area contributed by atoms with Gasteiger partial charge in [-0.25, -0.2) is 4.79 Å². The Morgan fingerprint density at radius 2 is 2.18 bits per heavy atom. The molecule has 1 aromatic rings. The zero-order valence-corrected chi connectivity index (χ0v) is 11.7. The number of rotatable bonds is 3. The van der Waals surface area contributed by atoms with Crippen LogP contribution >= 0.6 is 15.9 Å². The monoisotopic (exact) mass is 295 g/mol. The van der Waals surface area contributed by atoms with E-state index >= 15 is 0 Å². The van der Waals surface area contributed by atoms with E-state index < -0.39 is 11.4 Å². The van der Waals surface area contributed by atoms with Crippen molar-refractivity contribution in [2.75, 3.05) is 6.61 Å². The molecule has 1 rings (SSSR count). The first kappa shape index (κ1) is 13.7. The summed E-state index contributed by atoms with van der Waals surface area (Å²) in [7, 11) is 0. The van der Waals surface area contributed by atoms with Crippen LogP contribution in [0.25, 0.3) is 0 Å². The summed E-state index contributed by atoms with van der Waals surface area (Å²) in [5.41, 5.74) is 0.371. The topological polar surface area (TPSA) is 50.1 Å². The molecule has 3 nitrogen and oxygen atoms in total. The Labute approximate surface area is 110 Å². The van der Waals surface area contributed by atoms with E-state index in [0.717, 1.165) is 10.0 Å². The lowest BCUT2D eigenvalue weighted by molar-refractivity contribution is -0.147. The average Bonchev–Trinajstić information content (AvgIpc) is 2.26. The molecule has 0 bridgehead atoms. The van der Waals surface area contributed by atoms with E-state index in [1.165, 1.54) is 0 Å². The summed E-state index contributed by atoms with van der Waals surface area (Å²) in [4.78, 5) is 11.9. The number of carbonyl (C=O) groups excluding carboxylic acids is 1. The minimum atomic E-state index is -1.26. The largest absolute Gasteiger partial charge is 0.465 e. The Balaban J connectivity index is 3.26. The number of benzene rings is 1. The van der Waals surface area contributed by atoms with E-state index in [2.05, 4.69) is 15.9 Å². The molecule has 90 valence electrons. The Bertz CT molecular complexity index is 459. The van der Waals surface area contributed by atoms with Crippen LogP contribution in [-0.4, -0.2) is 12.6 Å². The van der Waals surface area contributed by atoms with Crippen molar-refractivity contribution in [3.05, 3.63) is 33.8 Å². The van der Waals surface area contributed by atoms with E-state index in [-0.39, 0.29) is 6.61 Å². The molecule has 0 aliphatic heterocycles. The molecule has 0 heterocycles. The fraction of sp³-hybridized carbons (Fsp3) is 0.385. The first-order valence-electron chi connectivity index (χ1n) is 5.30. The first-order valence-corrected chi connectivity index (χ1v) is 6.09. The van der Waals surface area contributed by atoms with Crippen LogP contribution in [0.5, 0.6) is 0 Å². The molecular formula is C13H14BrNO2. The molecule has 0 N–H and O–H groups in total. The van der Waals surface area contributed by atoms with Gasteiger partial charge in [0.1, 0.15) is 0 Å². The maximum atomic E-state index is 11.9. The number of halogens is 1. The Kier molecular flexibility index (Phi) is 4.30. The predicted octanol–water partition coefficient (Wildman–Crippen LogP) is 3.10. The maximum Gasteiger partial charge on any atom is 0.330 e. The van der Waals surface area contributed by atoms with Crippen molar-refractivity contribution in [3.8, 4) is 6.07 Å². The van der Waals surface area contributed by atoms with Gasteiger partial charge in [0.2, 0.25) is 0 Å². The summed E-state index contributed by atoms with van der Waals surface area (Å²) < 4.78 is 5.80. The quantitative estimate of drug-likeness (QED) is 0.805. The summed E-state index contributed by atoms with van der Waals surface area (Å²) in [5.74, 6) is -0.514. The van der Waals surface area contributed by atoms with Gasteiger partial charge < -0.3 is 4.74 Å². The van der Waals surface area contributed by atoms with Crippen molar-refractivity contribution in [1.82, 2.24) is 0 Å². The molecule has 0 saturated heterocycles. The van der Waals surface area contributed by atoms with Crippen molar-refractivity contribution < 1.29 is 9.53 Å². The fourth-order valence-corrected chi connectivity index (χ4v) is 2.14. The van der Waals surface area contributed by atoms with Gasteiger partial charge in [0.25, 0.3) is 0 Å². The highest BCUT2D eigenvalue weighted by atomic mass is 79.9. The summed E-state index contributed by atoms with van der Waals surface area (Å²) in [6, 6.07) is 7.56. The van der Waals surface area contributed by atoms with Gasteiger partial charge in [-0.1, -0.05) is 22.0 Å². The molecule has 0 fully saturated rings. The third-order valence-corrected chi connectivity index (χ3v) is 2.98.